The van der Waals surface area contributed by atoms with Crippen LogP contribution in [0.4, 0.5) is 0 Å². The molecule has 0 saturated heterocycles. The second-order valence-corrected chi connectivity index (χ2v) is 3.76. The molecule has 0 aliphatic heterocycles. The number of rotatable bonds is 6. The van der Waals surface area contributed by atoms with E-state index < -0.39 is 11.5 Å². The van der Waals surface area contributed by atoms with E-state index in [1.807, 2.05) is 30.3 Å². The maximum Gasteiger partial charge on any atom is 0.334 e. The number of nitrogens with zero attached hydrogens (tertiary/aromatic N) is 1. The highest BCUT2D eigenvalue weighted by molar-refractivity contribution is 5.79. The molecule has 1 aromatic rings. The van der Waals surface area contributed by atoms with Crippen LogP contribution in [-0.4, -0.2) is 29.3 Å². The molecular weight excluding hydrogens is 222 g/mol. The van der Waals surface area contributed by atoms with Crippen molar-refractivity contribution in [3.63, 3.8) is 0 Å². The van der Waals surface area contributed by atoms with Crippen molar-refractivity contribution in [1.82, 2.24) is 0 Å². The highest BCUT2D eigenvalue weighted by Crippen LogP contribution is 2.12. The van der Waals surface area contributed by atoms with Gasteiger partial charge in [-0.05, 0) is 12.5 Å². The van der Waals surface area contributed by atoms with Crippen LogP contribution in [0.25, 0.3) is 0 Å². The predicted molar refractivity (Wildman–Crippen MR) is 60.3 cm³/mol. The number of aliphatic carboxylic acids is 1. The summed E-state index contributed by atoms with van der Waals surface area (Å²) < 4.78 is 5.25. The summed E-state index contributed by atoms with van der Waals surface area (Å²) in [5.74, 6) is -1.21. The summed E-state index contributed by atoms with van der Waals surface area (Å²) in [7, 11) is 0. The number of isocyanates is 1. The molecule has 0 aliphatic rings. The van der Waals surface area contributed by atoms with Gasteiger partial charge in [0.1, 0.15) is 0 Å². The summed E-state index contributed by atoms with van der Waals surface area (Å²) in [6.45, 7) is 1.41. The minimum Gasteiger partial charge on any atom is -0.479 e. The Bertz CT molecular complexity index is 421. The van der Waals surface area contributed by atoms with E-state index in [-0.39, 0.29) is 13.2 Å². The van der Waals surface area contributed by atoms with Gasteiger partial charge in [0, 0.05) is 0 Å². The van der Waals surface area contributed by atoms with Crippen LogP contribution in [-0.2, 0) is 20.9 Å². The normalized spacial score (nSPS) is 13.5. The Kier molecular flexibility index (Phi) is 4.57. The molecule has 1 N–H and O–H groups in total. The van der Waals surface area contributed by atoms with Gasteiger partial charge in [0.2, 0.25) is 6.08 Å². The molecule has 5 nitrogen and oxygen atoms in total. The molecule has 1 rings (SSSR count). The Morgan fingerprint density at radius 3 is 2.65 bits per heavy atom. The van der Waals surface area contributed by atoms with E-state index >= 15 is 0 Å². The van der Waals surface area contributed by atoms with Crippen LogP contribution in [0.2, 0.25) is 0 Å². The van der Waals surface area contributed by atoms with Crippen molar-refractivity contribution in [2.75, 3.05) is 6.61 Å². The number of carbonyl (C=O) groups is 1. The Hall–Kier alpha value is -1.97. The summed E-state index contributed by atoms with van der Waals surface area (Å²) in [6.07, 6.45) is 1.25. The zero-order valence-electron chi connectivity index (χ0n) is 9.42. The van der Waals surface area contributed by atoms with Crippen LogP contribution >= 0.6 is 0 Å². The molecule has 0 aliphatic carbocycles. The molecule has 1 aromatic carbocycles. The lowest BCUT2D eigenvalue weighted by atomic mass is 10.1. The SMILES string of the molecule is C[C@@](COCc1ccccc1)(N=C=O)C(=O)O. The Morgan fingerprint density at radius 1 is 1.47 bits per heavy atom. The average molecular weight is 235 g/mol. The van der Waals surface area contributed by atoms with Gasteiger partial charge in [0.15, 0.2) is 5.54 Å². The zero-order chi connectivity index (χ0) is 12.7. The topological polar surface area (TPSA) is 76.0 Å². The molecule has 0 bridgehead atoms. The van der Waals surface area contributed by atoms with E-state index in [0.29, 0.717) is 0 Å². The van der Waals surface area contributed by atoms with Crippen LogP contribution in [0.15, 0.2) is 35.3 Å². The average Bonchev–Trinajstić information content (AvgIpc) is 2.30. The largest absolute Gasteiger partial charge is 0.479 e. The van der Waals surface area contributed by atoms with Crippen molar-refractivity contribution >= 4 is 12.0 Å². The van der Waals surface area contributed by atoms with Crippen LogP contribution in [0, 0.1) is 0 Å². The quantitative estimate of drug-likeness (QED) is 0.597. The number of carbonyl (C=O) groups excluding carboxylic acids is 1. The second kappa shape index (κ2) is 5.94. The van der Waals surface area contributed by atoms with Crippen molar-refractivity contribution in [1.29, 1.82) is 0 Å². The van der Waals surface area contributed by atoms with E-state index in [1.165, 1.54) is 13.0 Å². The van der Waals surface area contributed by atoms with Crippen LogP contribution in [0.3, 0.4) is 0 Å². The maximum atomic E-state index is 10.9. The molecule has 90 valence electrons. The minimum atomic E-state index is -1.57. The fourth-order valence-corrected chi connectivity index (χ4v) is 1.18. The van der Waals surface area contributed by atoms with Crippen molar-refractivity contribution in [2.24, 2.45) is 4.99 Å². The summed E-state index contributed by atoms with van der Waals surface area (Å²) in [4.78, 5) is 24.3. The second-order valence-electron chi connectivity index (χ2n) is 3.76. The molecule has 0 fully saturated rings. The highest BCUT2D eigenvalue weighted by Gasteiger charge is 2.33. The van der Waals surface area contributed by atoms with Gasteiger partial charge in [-0.1, -0.05) is 30.3 Å². The van der Waals surface area contributed by atoms with Gasteiger partial charge >= 0.3 is 5.97 Å². The highest BCUT2D eigenvalue weighted by atomic mass is 16.5. The summed E-state index contributed by atoms with van der Waals surface area (Å²) in [5.41, 5.74) is -0.647. The Labute approximate surface area is 98.7 Å². The first-order chi connectivity index (χ1) is 8.08. The molecular formula is C12H13NO4. The van der Waals surface area contributed by atoms with Gasteiger partial charge in [0.25, 0.3) is 0 Å². The predicted octanol–water partition coefficient (Wildman–Crippen LogP) is 1.38. The van der Waals surface area contributed by atoms with Crippen molar-refractivity contribution in [3.05, 3.63) is 35.9 Å². The summed E-state index contributed by atoms with van der Waals surface area (Å²) in [6, 6.07) is 9.32. The van der Waals surface area contributed by atoms with Gasteiger partial charge in [0.05, 0.1) is 13.2 Å². The number of carboxylic acids is 1. The standard InChI is InChI=1S/C12H13NO4/c1-12(11(15)16,13-9-14)8-17-7-10-5-3-2-4-6-10/h2-6H,7-8H2,1H3,(H,15,16)/t12-/m0/s1. The van der Waals surface area contributed by atoms with Gasteiger partial charge < -0.3 is 9.84 Å². The number of ether oxygens (including phenoxy) is 1. The van der Waals surface area contributed by atoms with Crippen molar-refractivity contribution < 1.29 is 19.4 Å². The number of hydrogen-bond acceptors (Lipinski definition) is 4. The van der Waals surface area contributed by atoms with Crippen LogP contribution < -0.4 is 0 Å². The molecule has 0 unspecified atom stereocenters. The molecule has 17 heavy (non-hydrogen) atoms. The minimum absolute atomic E-state index is 0.174. The maximum absolute atomic E-state index is 10.9. The van der Waals surface area contributed by atoms with Gasteiger partial charge in [-0.2, -0.15) is 4.99 Å². The first kappa shape index (κ1) is 13.1. The van der Waals surface area contributed by atoms with E-state index in [4.69, 9.17) is 9.84 Å². The molecule has 1 atom stereocenters. The monoisotopic (exact) mass is 235 g/mol. The lowest BCUT2D eigenvalue weighted by Crippen LogP contribution is -2.38. The van der Waals surface area contributed by atoms with Crippen LogP contribution in [0.5, 0.6) is 0 Å². The van der Waals surface area contributed by atoms with E-state index in [2.05, 4.69) is 4.99 Å². The third-order valence-corrected chi connectivity index (χ3v) is 2.25. The third kappa shape index (κ3) is 3.83. The van der Waals surface area contributed by atoms with Gasteiger partial charge in [-0.3, -0.25) is 0 Å². The molecule has 0 spiro atoms. The van der Waals surface area contributed by atoms with Crippen LogP contribution in [0.1, 0.15) is 12.5 Å². The van der Waals surface area contributed by atoms with E-state index in [1.54, 1.807) is 0 Å². The van der Waals surface area contributed by atoms with Gasteiger partial charge in [-0.15, -0.1) is 0 Å². The summed E-state index contributed by atoms with van der Waals surface area (Å²) in [5, 5.41) is 8.91. The molecule has 0 saturated carbocycles. The van der Waals surface area contributed by atoms with Gasteiger partial charge in [-0.25, -0.2) is 9.59 Å². The lowest BCUT2D eigenvalue weighted by Gasteiger charge is -2.17. The number of aliphatic imine (C=N–C) groups is 1. The third-order valence-electron chi connectivity index (χ3n) is 2.25. The fourth-order valence-electron chi connectivity index (χ4n) is 1.18. The first-order valence-electron chi connectivity index (χ1n) is 5.02. The zero-order valence-corrected chi connectivity index (χ0v) is 9.42. The van der Waals surface area contributed by atoms with Crippen molar-refractivity contribution in [3.8, 4) is 0 Å². The first-order valence-corrected chi connectivity index (χ1v) is 5.02. The van der Waals surface area contributed by atoms with Crippen molar-refractivity contribution in [2.45, 2.75) is 19.1 Å². The van der Waals surface area contributed by atoms with E-state index in [9.17, 15) is 9.59 Å². The molecule has 0 amide bonds. The van der Waals surface area contributed by atoms with E-state index in [0.717, 1.165) is 5.56 Å². The lowest BCUT2D eigenvalue weighted by molar-refractivity contribution is -0.145. The molecule has 0 aromatic heterocycles. The molecule has 0 radical (unpaired) electrons. The number of hydrogen-bond donors (Lipinski definition) is 1. The summed E-state index contributed by atoms with van der Waals surface area (Å²) >= 11 is 0. The number of benzene rings is 1. The number of carboxylic acid groups (broad SMARTS) is 1. The smallest absolute Gasteiger partial charge is 0.334 e. The molecule has 5 heteroatoms. The Balaban J connectivity index is 2.54. The fraction of sp³-hybridized carbons (Fsp3) is 0.333. The Morgan fingerprint density at radius 2 is 2.12 bits per heavy atom. The molecule has 0 heterocycles.